The van der Waals surface area contributed by atoms with Crippen LogP contribution in [0.4, 0.5) is 11.6 Å². The second kappa shape index (κ2) is 6.29. The Labute approximate surface area is 136 Å². The molecule has 1 heterocycles. The number of aromatic nitrogens is 2. The molecular weight excluding hydrogens is 310 g/mol. The summed E-state index contributed by atoms with van der Waals surface area (Å²) in [6, 6.07) is 13.3. The first kappa shape index (κ1) is 15.3. The van der Waals surface area contributed by atoms with Crippen molar-refractivity contribution in [1.82, 2.24) is 9.66 Å². The van der Waals surface area contributed by atoms with Crippen LogP contribution in [0.25, 0.3) is 11.0 Å². The molecule has 1 amide bonds. The molecule has 1 N–H and O–H groups in total. The summed E-state index contributed by atoms with van der Waals surface area (Å²) in [7, 11) is 0. The predicted molar refractivity (Wildman–Crippen MR) is 90.1 cm³/mol. The lowest BCUT2D eigenvalue weighted by atomic mass is 10.2. The molecule has 24 heavy (non-hydrogen) atoms. The predicted octanol–water partition coefficient (Wildman–Crippen LogP) is 2.79. The Kier molecular flexibility index (Phi) is 4.02. The number of rotatable bonds is 4. The van der Waals surface area contributed by atoms with Crippen molar-refractivity contribution in [3.8, 4) is 0 Å². The average Bonchev–Trinajstić information content (AvgIpc) is 2.89. The highest BCUT2D eigenvalue weighted by molar-refractivity contribution is 5.90. The van der Waals surface area contributed by atoms with Crippen molar-refractivity contribution in [2.75, 3.05) is 5.32 Å². The van der Waals surface area contributed by atoms with Gasteiger partial charge < -0.3 is 0 Å². The van der Waals surface area contributed by atoms with E-state index in [1.54, 1.807) is 18.3 Å². The standard InChI is InChI=1S/C16H13N5O3/c1-11(22)18-16-19-14-4-2-3-5-15(14)20(16)17-10-12-6-8-13(9-7-12)21(23)24/h2-10H,1H3,(H,18,19,22). The van der Waals surface area contributed by atoms with Gasteiger partial charge >= 0.3 is 0 Å². The van der Waals surface area contributed by atoms with Crippen molar-refractivity contribution in [1.29, 1.82) is 0 Å². The number of benzene rings is 2. The number of hydrogen-bond acceptors (Lipinski definition) is 5. The molecule has 3 rings (SSSR count). The first-order chi connectivity index (χ1) is 11.5. The number of fused-ring (bicyclic) bond motifs is 1. The number of carbonyl (C=O) groups is 1. The third-order valence-corrected chi connectivity index (χ3v) is 3.25. The first-order valence-corrected chi connectivity index (χ1v) is 7.08. The monoisotopic (exact) mass is 323 g/mol. The van der Waals surface area contributed by atoms with Crippen LogP contribution < -0.4 is 5.32 Å². The van der Waals surface area contributed by atoms with Gasteiger partial charge in [-0.25, -0.2) is 4.98 Å². The number of nitro groups is 1. The molecule has 0 bridgehead atoms. The van der Waals surface area contributed by atoms with E-state index in [-0.39, 0.29) is 11.6 Å². The van der Waals surface area contributed by atoms with Gasteiger partial charge in [-0.2, -0.15) is 9.78 Å². The molecule has 2 aromatic carbocycles. The van der Waals surface area contributed by atoms with Crippen LogP contribution in [-0.4, -0.2) is 26.7 Å². The van der Waals surface area contributed by atoms with Crippen LogP contribution in [0.1, 0.15) is 12.5 Å². The van der Waals surface area contributed by atoms with Gasteiger partial charge in [0.25, 0.3) is 5.69 Å². The number of hydrogen-bond donors (Lipinski definition) is 1. The molecule has 0 aliphatic heterocycles. The van der Waals surface area contributed by atoms with Crippen molar-refractivity contribution in [3.63, 3.8) is 0 Å². The van der Waals surface area contributed by atoms with Gasteiger partial charge in [0.2, 0.25) is 11.9 Å². The van der Waals surface area contributed by atoms with Gasteiger partial charge in [0.15, 0.2) is 0 Å². The third kappa shape index (κ3) is 3.12. The van der Waals surface area contributed by atoms with E-state index >= 15 is 0 Å². The topological polar surface area (TPSA) is 102 Å². The molecule has 8 heteroatoms. The van der Waals surface area contributed by atoms with E-state index in [0.717, 1.165) is 5.52 Å². The molecule has 0 saturated heterocycles. The quantitative estimate of drug-likeness (QED) is 0.453. The molecule has 1 aromatic heterocycles. The number of imidazole rings is 1. The highest BCUT2D eigenvalue weighted by atomic mass is 16.6. The lowest BCUT2D eigenvalue weighted by Crippen LogP contribution is -2.10. The molecule has 0 aliphatic rings. The SMILES string of the molecule is CC(=O)Nc1nc2ccccc2n1N=Cc1ccc([N+](=O)[O-])cc1. The van der Waals surface area contributed by atoms with Crippen LogP contribution in [0.2, 0.25) is 0 Å². The normalized spacial score (nSPS) is 11.0. The first-order valence-electron chi connectivity index (χ1n) is 7.08. The zero-order chi connectivity index (χ0) is 17.1. The molecule has 0 unspecified atom stereocenters. The summed E-state index contributed by atoms with van der Waals surface area (Å²) in [5, 5.41) is 17.6. The van der Waals surface area contributed by atoms with Crippen molar-refractivity contribution in [2.24, 2.45) is 5.10 Å². The number of amides is 1. The maximum Gasteiger partial charge on any atom is 0.269 e. The molecule has 0 spiro atoms. The highest BCUT2D eigenvalue weighted by Crippen LogP contribution is 2.19. The van der Waals surface area contributed by atoms with E-state index in [9.17, 15) is 14.9 Å². The molecule has 0 atom stereocenters. The van der Waals surface area contributed by atoms with Crippen LogP contribution in [0.15, 0.2) is 53.6 Å². The second-order valence-electron chi connectivity index (χ2n) is 5.01. The molecule has 0 saturated carbocycles. The Morgan fingerprint density at radius 1 is 1.25 bits per heavy atom. The van der Waals surface area contributed by atoms with Gasteiger partial charge in [-0.3, -0.25) is 20.2 Å². The van der Waals surface area contributed by atoms with Gasteiger partial charge in [0, 0.05) is 19.1 Å². The fourth-order valence-corrected chi connectivity index (χ4v) is 2.18. The van der Waals surface area contributed by atoms with Gasteiger partial charge in [-0.1, -0.05) is 12.1 Å². The number of anilines is 1. The summed E-state index contributed by atoms with van der Waals surface area (Å²) >= 11 is 0. The Balaban J connectivity index is 1.98. The van der Waals surface area contributed by atoms with E-state index < -0.39 is 4.92 Å². The van der Waals surface area contributed by atoms with Gasteiger partial charge in [0.05, 0.1) is 22.2 Å². The Hall–Kier alpha value is -3.55. The summed E-state index contributed by atoms with van der Waals surface area (Å²) in [6.45, 7) is 1.39. The Bertz CT molecular complexity index is 944. The van der Waals surface area contributed by atoms with E-state index in [4.69, 9.17) is 0 Å². The summed E-state index contributed by atoms with van der Waals surface area (Å²) in [6.07, 6.45) is 1.54. The van der Waals surface area contributed by atoms with E-state index in [0.29, 0.717) is 17.0 Å². The third-order valence-electron chi connectivity index (χ3n) is 3.25. The van der Waals surface area contributed by atoms with Crippen molar-refractivity contribution < 1.29 is 9.72 Å². The Morgan fingerprint density at radius 3 is 2.62 bits per heavy atom. The fourth-order valence-electron chi connectivity index (χ4n) is 2.18. The molecule has 3 aromatic rings. The van der Waals surface area contributed by atoms with Crippen molar-refractivity contribution in [2.45, 2.75) is 6.92 Å². The van der Waals surface area contributed by atoms with Gasteiger partial charge in [0.1, 0.15) is 0 Å². The van der Waals surface area contributed by atoms with Gasteiger partial charge in [-0.15, -0.1) is 0 Å². The van der Waals surface area contributed by atoms with E-state index in [2.05, 4.69) is 15.4 Å². The fraction of sp³-hybridized carbons (Fsp3) is 0.0625. The number of nitro benzene ring substituents is 1. The van der Waals surface area contributed by atoms with Crippen LogP contribution in [-0.2, 0) is 4.79 Å². The van der Waals surface area contributed by atoms with Crippen molar-refractivity contribution in [3.05, 3.63) is 64.2 Å². The molecule has 8 nitrogen and oxygen atoms in total. The summed E-state index contributed by atoms with van der Waals surface area (Å²) < 4.78 is 1.51. The number of nitrogens with one attached hydrogen (secondary N) is 1. The lowest BCUT2D eigenvalue weighted by Gasteiger charge is -2.02. The minimum atomic E-state index is -0.459. The van der Waals surface area contributed by atoms with Crippen molar-refractivity contribution >= 4 is 34.8 Å². The molecule has 0 aliphatic carbocycles. The van der Waals surface area contributed by atoms with Crippen LogP contribution in [0.3, 0.4) is 0 Å². The summed E-state index contributed by atoms with van der Waals surface area (Å²) in [5.74, 6) is 0.0546. The van der Waals surface area contributed by atoms with E-state index in [1.807, 2.05) is 24.3 Å². The van der Waals surface area contributed by atoms with Gasteiger partial charge in [-0.05, 0) is 29.8 Å². The van der Waals surface area contributed by atoms with E-state index in [1.165, 1.54) is 23.7 Å². The molecule has 0 fully saturated rings. The molecular formula is C16H13N5O3. The minimum absolute atomic E-state index is 0.0131. The summed E-state index contributed by atoms with van der Waals surface area (Å²) in [5.41, 5.74) is 2.13. The molecule has 120 valence electrons. The smallest absolute Gasteiger partial charge is 0.269 e. The van der Waals surface area contributed by atoms with Crippen LogP contribution >= 0.6 is 0 Å². The number of nitrogens with zero attached hydrogens (tertiary/aromatic N) is 4. The largest absolute Gasteiger partial charge is 0.295 e. The molecule has 0 radical (unpaired) electrons. The zero-order valence-electron chi connectivity index (χ0n) is 12.7. The lowest BCUT2D eigenvalue weighted by molar-refractivity contribution is -0.384. The highest BCUT2D eigenvalue weighted by Gasteiger charge is 2.10. The zero-order valence-corrected chi connectivity index (χ0v) is 12.7. The number of non-ortho nitro benzene ring substituents is 1. The minimum Gasteiger partial charge on any atom is -0.295 e. The van der Waals surface area contributed by atoms with Crippen LogP contribution in [0, 0.1) is 10.1 Å². The maximum atomic E-state index is 11.3. The average molecular weight is 323 g/mol. The number of para-hydroxylation sites is 2. The Morgan fingerprint density at radius 2 is 1.96 bits per heavy atom. The maximum absolute atomic E-state index is 11.3. The summed E-state index contributed by atoms with van der Waals surface area (Å²) in [4.78, 5) is 25.9. The second-order valence-corrected chi connectivity index (χ2v) is 5.01. The number of carbonyl (C=O) groups excluding carboxylic acids is 1. The van der Waals surface area contributed by atoms with Crippen LogP contribution in [0.5, 0.6) is 0 Å².